The van der Waals surface area contributed by atoms with Gasteiger partial charge in [0, 0.05) is 0 Å². The van der Waals surface area contributed by atoms with E-state index < -0.39 is 39.0 Å². The Balaban J connectivity index is 1.96. The summed E-state index contributed by atoms with van der Waals surface area (Å²) in [5.41, 5.74) is 0. The molecule has 0 amide bonds. The summed E-state index contributed by atoms with van der Waals surface area (Å²) in [6.45, 7) is 10.2. The molecule has 2 aromatic carbocycles. The predicted molar refractivity (Wildman–Crippen MR) is 126 cm³/mol. The van der Waals surface area contributed by atoms with Gasteiger partial charge in [0.2, 0.25) is 0 Å². The molecule has 1 heterocycles. The summed E-state index contributed by atoms with van der Waals surface area (Å²) < 4.78 is 18.1. The fourth-order valence-electron chi connectivity index (χ4n) is 4.32. The normalized spacial score (nSPS) is 26.6. The average Bonchev–Trinajstić information content (AvgIpc) is 2.79. The third-order valence-corrected chi connectivity index (χ3v) is 10.9. The maximum absolute atomic E-state index is 10.6. The van der Waals surface area contributed by atoms with E-state index in [9.17, 15) is 15.3 Å². The summed E-state index contributed by atoms with van der Waals surface area (Å²) in [5, 5.41) is 33.2. The van der Waals surface area contributed by atoms with Crippen LogP contribution in [0.4, 0.5) is 0 Å². The van der Waals surface area contributed by atoms with Crippen LogP contribution in [-0.2, 0) is 13.9 Å². The average molecular weight is 459 g/mol. The number of hydrogen-bond donors (Lipinski definition) is 3. The van der Waals surface area contributed by atoms with E-state index in [4.69, 9.17) is 13.9 Å². The van der Waals surface area contributed by atoms with Gasteiger partial charge in [-0.05, 0) is 15.4 Å². The SMILES string of the molecule is C=CCO[C@@H]1O[C@H](CO[Si](c2ccccc2)(c2ccccc2)C(C)(C)C)[C@H](O)[C@H](O)[C@H]1O. The summed E-state index contributed by atoms with van der Waals surface area (Å²) in [4.78, 5) is 0. The van der Waals surface area contributed by atoms with Crippen molar-refractivity contribution in [3.05, 3.63) is 73.3 Å². The first-order valence-electron chi connectivity index (χ1n) is 10.9. The number of ether oxygens (including phenoxy) is 2. The number of benzene rings is 2. The van der Waals surface area contributed by atoms with Gasteiger partial charge in [-0.25, -0.2) is 0 Å². The van der Waals surface area contributed by atoms with E-state index in [0.717, 1.165) is 10.4 Å². The zero-order valence-corrected chi connectivity index (χ0v) is 19.9. The van der Waals surface area contributed by atoms with Crippen LogP contribution in [0.2, 0.25) is 5.04 Å². The Kier molecular flexibility index (Phi) is 8.05. The number of rotatable bonds is 8. The molecule has 3 rings (SSSR count). The van der Waals surface area contributed by atoms with Gasteiger partial charge < -0.3 is 29.2 Å². The van der Waals surface area contributed by atoms with Gasteiger partial charge in [0.05, 0.1) is 13.2 Å². The molecule has 7 heteroatoms. The lowest BCUT2D eigenvalue weighted by atomic mass is 9.99. The molecule has 5 atom stereocenters. The molecule has 2 aromatic rings. The van der Waals surface area contributed by atoms with Gasteiger partial charge in [-0.15, -0.1) is 6.58 Å². The van der Waals surface area contributed by atoms with Crippen LogP contribution in [0.1, 0.15) is 20.8 Å². The Bertz CT molecular complexity index is 814. The smallest absolute Gasteiger partial charge is 0.261 e. The lowest BCUT2D eigenvalue weighted by Gasteiger charge is -2.45. The molecule has 0 aliphatic carbocycles. The molecule has 0 radical (unpaired) electrons. The fourth-order valence-corrected chi connectivity index (χ4v) is 8.89. The Morgan fingerprint density at radius 3 is 1.91 bits per heavy atom. The Morgan fingerprint density at radius 2 is 1.44 bits per heavy atom. The van der Waals surface area contributed by atoms with E-state index in [2.05, 4.69) is 51.6 Å². The van der Waals surface area contributed by atoms with Gasteiger partial charge in [0.1, 0.15) is 24.4 Å². The minimum absolute atomic E-state index is 0.0339. The predicted octanol–water partition coefficient (Wildman–Crippen LogP) is 1.57. The van der Waals surface area contributed by atoms with Crippen molar-refractivity contribution in [3.63, 3.8) is 0 Å². The fraction of sp³-hybridized carbons (Fsp3) is 0.440. The van der Waals surface area contributed by atoms with Crippen molar-refractivity contribution in [2.75, 3.05) is 13.2 Å². The maximum Gasteiger partial charge on any atom is 0.261 e. The van der Waals surface area contributed by atoms with Gasteiger partial charge in [0.25, 0.3) is 8.32 Å². The summed E-state index contributed by atoms with van der Waals surface area (Å²) in [7, 11) is -2.84. The topological polar surface area (TPSA) is 88.4 Å². The van der Waals surface area contributed by atoms with Crippen LogP contribution in [0.25, 0.3) is 0 Å². The van der Waals surface area contributed by atoms with E-state index in [1.54, 1.807) is 0 Å². The summed E-state index contributed by atoms with van der Waals surface area (Å²) in [5.74, 6) is 0. The minimum Gasteiger partial charge on any atom is -0.405 e. The second-order valence-corrected chi connectivity index (χ2v) is 13.4. The largest absolute Gasteiger partial charge is 0.405 e. The molecular formula is C25H34O6Si. The van der Waals surface area contributed by atoms with Crippen LogP contribution in [0.15, 0.2) is 73.3 Å². The van der Waals surface area contributed by atoms with Crippen LogP contribution in [0.3, 0.4) is 0 Å². The molecular weight excluding hydrogens is 424 g/mol. The first-order chi connectivity index (χ1) is 15.2. The van der Waals surface area contributed by atoms with E-state index >= 15 is 0 Å². The zero-order chi connectivity index (χ0) is 23.4. The van der Waals surface area contributed by atoms with Crippen molar-refractivity contribution in [3.8, 4) is 0 Å². The van der Waals surface area contributed by atoms with E-state index in [0.29, 0.717) is 0 Å². The first kappa shape index (κ1) is 24.8. The molecule has 0 unspecified atom stereocenters. The van der Waals surface area contributed by atoms with Crippen LogP contribution in [0, 0.1) is 0 Å². The Hall–Kier alpha value is -1.84. The van der Waals surface area contributed by atoms with Crippen molar-refractivity contribution in [2.45, 2.75) is 56.5 Å². The summed E-state index contributed by atoms with van der Waals surface area (Å²) >= 11 is 0. The van der Waals surface area contributed by atoms with Crippen LogP contribution in [0.5, 0.6) is 0 Å². The van der Waals surface area contributed by atoms with Crippen molar-refractivity contribution >= 4 is 18.7 Å². The van der Waals surface area contributed by atoms with E-state index in [1.165, 1.54) is 6.08 Å². The highest BCUT2D eigenvalue weighted by atomic mass is 28.4. The standard InChI is InChI=1S/C25H34O6Si/c1-5-16-29-24-23(28)22(27)21(26)20(31-24)17-30-32(25(2,3)4,18-12-8-6-9-13-18)19-14-10-7-11-15-19/h5-15,20-24,26-28H,1,16-17H2,2-4H3/t20-,21+,22+,23-,24-/m1/s1. The van der Waals surface area contributed by atoms with Gasteiger partial charge >= 0.3 is 0 Å². The van der Waals surface area contributed by atoms with Crippen molar-refractivity contribution in [1.29, 1.82) is 0 Å². The molecule has 1 saturated heterocycles. The Morgan fingerprint density at radius 1 is 0.906 bits per heavy atom. The van der Waals surface area contributed by atoms with Gasteiger partial charge in [-0.1, -0.05) is 87.5 Å². The number of aliphatic hydroxyl groups is 3. The minimum atomic E-state index is -2.84. The molecule has 6 nitrogen and oxygen atoms in total. The molecule has 32 heavy (non-hydrogen) atoms. The molecule has 0 bridgehead atoms. The van der Waals surface area contributed by atoms with Crippen molar-refractivity contribution in [2.24, 2.45) is 0 Å². The number of hydrogen-bond acceptors (Lipinski definition) is 6. The lowest BCUT2D eigenvalue weighted by molar-refractivity contribution is -0.297. The second kappa shape index (κ2) is 10.4. The van der Waals surface area contributed by atoms with Crippen molar-refractivity contribution < 1.29 is 29.2 Å². The summed E-state index contributed by atoms with van der Waals surface area (Å²) in [6, 6.07) is 20.3. The molecule has 1 aliphatic rings. The summed E-state index contributed by atoms with van der Waals surface area (Å²) in [6.07, 6.45) is -4.52. The van der Waals surface area contributed by atoms with Crippen LogP contribution < -0.4 is 10.4 Å². The maximum atomic E-state index is 10.6. The molecule has 3 N–H and O–H groups in total. The zero-order valence-electron chi connectivity index (χ0n) is 18.9. The van der Waals surface area contributed by atoms with E-state index in [1.807, 2.05) is 36.4 Å². The molecule has 1 aliphatic heterocycles. The Labute approximate surface area is 191 Å². The lowest BCUT2D eigenvalue weighted by Crippen LogP contribution is -2.68. The van der Waals surface area contributed by atoms with Crippen LogP contribution in [-0.4, -0.2) is 67.6 Å². The highest BCUT2D eigenvalue weighted by Crippen LogP contribution is 2.37. The second-order valence-electron chi connectivity index (χ2n) is 9.11. The molecule has 0 spiro atoms. The van der Waals surface area contributed by atoms with Gasteiger partial charge in [0.15, 0.2) is 6.29 Å². The van der Waals surface area contributed by atoms with Gasteiger partial charge in [-0.3, -0.25) is 0 Å². The highest BCUT2D eigenvalue weighted by Gasteiger charge is 2.52. The third kappa shape index (κ3) is 4.89. The quantitative estimate of drug-likeness (QED) is 0.411. The molecule has 1 fully saturated rings. The highest BCUT2D eigenvalue weighted by molar-refractivity contribution is 6.99. The molecule has 174 valence electrons. The third-order valence-electron chi connectivity index (χ3n) is 5.93. The number of aliphatic hydroxyl groups excluding tert-OH is 3. The molecule has 0 saturated carbocycles. The first-order valence-corrected chi connectivity index (χ1v) is 12.8. The molecule has 0 aromatic heterocycles. The monoisotopic (exact) mass is 458 g/mol. The van der Waals surface area contributed by atoms with Gasteiger partial charge in [-0.2, -0.15) is 0 Å². The van der Waals surface area contributed by atoms with Crippen LogP contribution >= 0.6 is 0 Å². The van der Waals surface area contributed by atoms with E-state index in [-0.39, 0.29) is 18.3 Å². The van der Waals surface area contributed by atoms with Crippen molar-refractivity contribution in [1.82, 2.24) is 0 Å².